The van der Waals surface area contributed by atoms with E-state index in [1.54, 1.807) is 31.4 Å². The van der Waals surface area contributed by atoms with Crippen LogP contribution in [0.25, 0.3) is 22.0 Å². The van der Waals surface area contributed by atoms with Gasteiger partial charge in [0, 0.05) is 61.3 Å². The van der Waals surface area contributed by atoms with Crippen molar-refractivity contribution in [1.82, 2.24) is 12.3 Å². The SMILES string of the molecule is CCS(=O)(=O)N(CCc1ccc(N2CCC3(CC3)C2)c(-c2cn(C)c(=O)c3c2ccn3S(=O)(=O)c2ccc(C)cc2)c1)S(=O)O. The molecule has 0 radical (unpaired) electrons. The van der Waals surface area contributed by atoms with Crippen LogP contribution in [0, 0.1) is 12.3 Å². The van der Waals surface area contributed by atoms with Gasteiger partial charge in [-0.3, -0.25) is 9.35 Å². The molecule has 1 saturated heterocycles. The lowest BCUT2D eigenvalue weighted by molar-refractivity contribution is 0.479. The molecule has 2 aliphatic rings. The van der Waals surface area contributed by atoms with E-state index in [1.807, 2.05) is 25.1 Å². The van der Waals surface area contributed by atoms with E-state index < -0.39 is 36.9 Å². The van der Waals surface area contributed by atoms with E-state index in [2.05, 4.69) is 4.90 Å². The van der Waals surface area contributed by atoms with Gasteiger partial charge in [0.15, 0.2) is 0 Å². The second-order valence-electron chi connectivity index (χ2n) is 12.1. The first kappa shape index (κ1) is 31.7. The third-order valence-corrected chi connectivity index (χ3v) is 13.9. The van der Waals surface area contributed by atoms with Gasteiger partial charge < -0.3 is 9.47 Å². The van der Waals surface area contributed by atoms with E-state index in [0.717, 1.165) is 45.9 Å². The quantitative estimate of drug-likeness (QED) is 0.251. The maximum Gasteiger partial charge on any atom is 0.275 e. The molecule has 11 nitrogen and oxygen atoms in total. The number of hydrogen-bond acceptors (Lipinski definition) is 7. The van der Waals surface area contributed by atoms with E-state index in [9.17, 15) is 30.4 Å². The van der Waals surface area contributed by atoms with Crippen molar-refractivity contribution in [2.24, 2.45) is 12.5 Å². The maximum atomic E-state index is 13.8. The molecule has 1 aliphatic heterocycles. The lowest BCUT2D eigenvalue weighted by atomic mass is 9.97. The summed E-state index contributed by atoms with van der Waals surface area (Å²) in [5.74, 6) is -0.307. The lowest BCUT2D eigenvalue weighted by Gasteiger charge is -2.24. The van der Waals surface area contributed by atoms with Crippen LogP contribution in [0.1, 0.15) is 37.3 Å². The summed E-state index contributed by atoms with van der Waals surface area (Å²) >= 11 is -2.70. The molecule has 1 atom stereocenters. The molecule has 45 heavy (non-hydrogen) atoms. The lowest BCUT2D eigenvalue weighted by Crippen LogP contribution is -2.35. The third kappa shape index (κ3) is 5.78. The van der Waals surface area contributed by atoms with Crippen LogP contribution in [0.3, 0.4) is 0 Å². The fraction of sp³-hybridized carbons (Fsp3) is 0.387. The van der Waals surface area contributed by atoms with Crippen molar-refractivity contribution in [3.05, 3.63) is 82.4 Å². The van der Waals surface area contributed by atoms with Gasteiger partial charge in [0.05, 0.1) is 10.6 Å². The largest absolute Gasteiger partial charge is 0.370 e. The highest BCUT2D eigenvalue weighted by Gasteiger charge is 2.48. The van der Waals surface area contributed by atoms with Gasteiger partial charge in [-0.15, -0.1) is 0 Å². The summed E-state index contributed by atoms with van der Waals surface area (Å²) in [6.07, 6.45) is 6.72. The number of benzene rings is 2. The Balaban J connectivity index is 1.49. The van der Waals surface area contributed by atoms with Gasteiger partial charge in [0.1, 0.15) is 5.52 Å². The first-order valence-corrected chi connectivity index (χ1v) is 18.9. The molecule has 4 aromatic rings. The van der Waals surface area contributed by atoms with E-state index >= 15 is 0 Å². The van der Waals surface area contributed by atoms with Crippen molar-refractivity contribution in [2.75, 3.05) is 30.3 Å². The zero-order valence-electron chi connectivity index (χ0n) is 25.3. The summed E-state index contributed by atoms with van der Waals surface area (Å²) in [6.45, 7) is 4.84. The van der Waals surface area contributed by atoms with Crippen molar-refractivity contribution >= 4 is 47.9 Å². The molecule has 1 N–H and O–H groups in total. The Bertz CT molecular complexity index is 2100. The summed E-state index contributed by atoms with van der Waals surface area (Å²) < 4.78 is 77.0. The van der Waals surface area contributed by atoms with Gasteiger partial charge >= 0.3 is 0 Å². The monoisotopic (exact) mass is 672 g/mol. The first-order chi connectivity index (χ1) is 21.3. The summed E-state index contributed by atoms with van der Waals surface area (Å²) in [6, 6.07) is 13.9. The predicted molar refractivity (Wildman–Crippen MR) is 176 cm³/mol. The minimum Gasteiger partial charge on any atom is -0.370 e. The molecule has 2 fully saturated rings. The van der Waals surface area contributed by atoms with Crippen LogP contribution in [0.4, 0.5) is 5.69 Å². The number of aryl methyl sites for hydroxylation is 2. The fourth-order valence-corrected chi connectivity index (χ4v) is 9.55. The fourth-order valence-electron chi connectivity index (χ4n) is 6.20. The number of pyridine rings is 1. The molecule has 6 rings (SSSR count). The zero-order chi connectivity index (χ0) is 32.3. The highest BCUT2D eigenvalue weighted by Crippen LogP contribution is 2.54. The molecular formula is C31H36N4O7S3. The van der Waals surface area contributed by atoms with Crippen LogP contribution in [0.15, 0.2) is 70.6 Å². The molecule has 0 amide bonds. The van der Waals surface area contributed by atoms with E-state index in [4.69, 9.17) is 0 Å². The summed E-state index contributed by atoms with van der Waals surface area (Å²) in [4.78, 5) is 15.9. The minimum absolute atomic E-state index is 0.0305. The average molecular weight is 673 g/mol. The minimum atomic E-state index is -4.08. The van der Waals surface area contributed by atoms with Gasteiger partial charge in [-0.05, 0) is 80.8 Å². The maximum absolute atomic E-state index is 13.8. The van der Waals surface area contributed by atoms with Crippen LogP contribution in [-0.2, 0) is 44.8 Å². The van der Waals surface area contributed by atoms with Crippen LogP contribution in [0.2, 0.25) is 0 Å². The number of hydrogen-bond donors (Lipinski definition) is 1. The van der Waals surface area contributed by atoms with Crippen molar-refractivity contribution in [3.63, 3.8) is 0 Å². The van der Waals surface area contributed by atoms with Crippen molar-refractivity contribution in [1.29, 1.82) is 0 Å². The van der Waals surface area contributed by atoms with Crippen molar-refractivity contribution in [3.8, 4) is 11.1 Å². The number of aromatic nitrogens is 2. The number of sulfonamides is 1. The number of anilines is 1. The Hall–Kier alpha value is -3.30. The van der Waals surface area contributed by atoms with Crippen LogP contribution >= 0.6 is 0 Å². The molecule has 3 heterocycles. The van der Waals surface area contributed by atoms with Gasteiger partial charge in [-0.2, -0.15) is 0 Å². The predicted octanol–water partition coefficient (Wildman–Crippen LogP) is 3.87. The average Bonchev–Trinajstić information content (AvgIpc) is 3.40. The zero-order valence-corrected chi connectivity index (χ0v) is 27.8. The normalized spacial score (nSPS) is 17.0. The van der Waals surface area contributed by atoms with Gasteiger partial charge in [0.25, 0.3) is 15.6 Å². The number of rotatable bonds is 10. The standard InChI is InChI=1S/C31H36N4O7S3/c1-4-44(39,40)35(43(37)38)17-11-23-7-10-28(33-18-15-31(21-33)13-14-31)26(19-23)27-20-32(3)30(36)29-25(27)12-16-34(29)45(41,42)24-8-5-22(2)6-9-24/h5-10,12,16,19-20H,4,11,13-15,17-18,21H2,1-3H3,(H,37,38). The Morgan fingerprint density at radius 2 is 1.71 bits per heavy atom. The van der Waals surface area contributed by atoms with Crippen LogP contribution in [-0.4, -0.2) is 63.2 Å². The second kappa shape index (κ2) is 11.5. The Kier molecular flexibility index (Phi) is 8.09. The van der Waals surface area contributed by atoms with Crippen LogP contribution in [0.5, 0.6) is 0 Å². The van der Waals surface area contributed by atoms with E-state index in [0.29, 0.717) is 20.1 Å². The summed E-state index contributed by atoms with van der Waals surface area (Å²) in [7, 11) is -6.41. The third-order valence-electron chi connectivity index (χ3n) is 9.09. The van der Waals surface area contributed by atoms with E-state index in [-0.39, 0.29) is 29.1 Å². The number of fused-ring (bicyclic) bond motifs is 1. The van der Waals surface area contributed by atoms with Crippen molar-refractivity contribution in [2.45, 2.75) is 44.4 Å². The van der Waals surface area contributed by atoms with Gasteiger partial charge in [-0.25, -0.2) is 25.0 Å². The molecule has 1 unspecified atom stereocenters. The van der Waals surface area contributed by atoms with E-state index in [1.165, 1.54) is 42.7 Å². The molecule has 14 heteroatoms. The molecule has 0 bridgehead atoms. The summed E-state index contributed by atoms with van der Waals surface area (Å²) in [5, 5.41) is 0.471. The molecular weight excluding hydrogens is 637 g/mol. The van der Waals surface area contributed by atoms with Gasteiger partial charge in [-0.1, -0.05) is 27.5 Å². The number of nitrogens with zero attached hydrogens (tertiary/aromatic N) is 4. The highest BCUT2D eigenvalue weighted by atomic mass is 32.3. The molecule has 240 valence electrons. The van der Waals surface area contributed by atoms with Crippen LogP contribution < -0.4 is 10.5 Å². The highest BCUT2D eigenvalue weighted by molar-refractivity contribution is 7.99. The topological polar surface area (TPSA) is 139 Å². The summed E-state index contributed by atoms with van der Waals surface area (Å²) in [5.41, 5.74) is 3.88. The Morgan fingerprint density at radius 1 is 1.00 bits per heavy atom. The molecule has 2 aromatic heterocycles. The molecule has 1 aliphatic carbocycles. The van der Waals surface area contributed by atoms with Gasteiger partial charge in [0.2, 0.25) is 21.3 Å². The smallest absolute Gasteiger partial charge is 0.275 e. The molecule has 2 aromatic carbocycles. The Morgan fingerprint density at radius 3 is 2.33 bits per heavy atom. The first-order valence-electron chi connectivity index (χ1n) is 14.8. The second-order valence-corrected chi connectivity index (χ2v) is 17.2. The van der Waals surface area contributed by atoms with Crippen molar-refractivity contribution < 1.29 is 25.6 Å². The molecule has 1 spiro atoms. The Labute approximate surface area is 265 Å². The molecule has 1 saturated carbocycles.